The molecule has 0 rings (SSSR count). The second-order valence-electron chi connectivity index (χ2n) is 30.4. The highest BCUT2D eigenvalue weighted by molar-refractivity contribution is 7.47. The van der Waals surface area contributed by atoms with Gasteiger partial charge < -0.3 is 33.8 Å². The molecule has 0 saturated carbocycles. The third-order valence-corrected chi connectivity index (χ3v) is 21.1. The van der Waals surface area contributed by atoms with Crippen LogP contribution < -0.4 is 0 Å². The molecule has 0 saturated heterocycles. The molecule has 0 aromatic heterocycles. The van der Waals surface area contributed by atoms with Crippen LogP contribution in [0.4, 0.5) is 0 Å². The fourth-order valence-corrected chi connectivity index (χ4v) is 14.0. The smallest absolute Gasteiger partial charge is 0.462 e. The van der Waals surface area contributed by atoms with Gasteiger partial charge in [0.15, 0.2) is 12.2 Å². The van der Waals surface area contributed by atoms with Crippen molar-refractivity contribution in [1.29, 1.82) is 0 Å². The maximum absolute atomic E-state index is 13.1. The van der Waals surface area contributed by atoms with Crippen molar-refractivity contribution in [2.75, 3.05) is 39.6 Å². The van der Waals surface area contributed by atoms with Crippen LogP contribution in [0.25, 0.3) is 0 Å². The average molecular weight is 1470 g/mol. The van der Waals surface area contributed by atoms with Gasteiger partial charge in [0.2, 0.25) is 0 Å². The molecule has 0 aliphatic carbocycles. The first kappa shape index (κ1) is 98.1. The molecule has 17 nitrogen and oxygen atoms in total. The predicted molar refractivity (Wildman–Crippen MR) is 409 cm³/mol. The van der Waals surface area contributed by atoms with E-state index in [2.05, 4.69) is 48.5 Å². The molecule has 0 bridgehead atoms. The Morgan fingerprint density at radius 1 is 0.290 bits per heavy atom. The molecule has 594 valence electrons. The van der Waals surface area contributed by atoms with Crippen LogP contribution in [-0.4, -0.2) is 96.7 Å². The van der Waals surface area contributed by atoms with Crippen molar-refractivity contribution in [2.45, 2.75) is 439 Å². The molecule has 0 radical (unpaired) electrons. The number of esters is 4. The minimum Gasteiger partial charge on any atom is -0.462 e. The van der Waals surface area contributed by atoms with E-state index >= 15 is 0 Å². The molecule has 19 heteroatoms. The number of rotatable bonds is 79. The van der Waals surface area contributed by atoms with Crippen LogP contribution in [0.5, 0.6) is 0 Å². The summed E-state index contributed by atoms with van der Waals surface area (Å²) in [6, 6.07) is 0. The van der Waals surface area contributed by atoms with Gasteiger partial charge in [-0.3, -0.25) is 37.3 Å². The quantitative estimate of drug-likeness (QED) is 0.0222. The fraction of sp³-hybridized carbons (Fsp3) is 0.951. The Balaban J connectivity index is 5.24. The Morgan fingerprint density at radius 3 is 0.760 bits per heavy atom. The molecule has 0 heterocycles. The van der Waals surface area contributed by atoms with E-state index in [9.17, 15) is 43.2 Å². The summed E-state index contributed by atoms with van der Waals surface area (Å²) in [6.45, 7) is 12.0. The van der Waals surface area contributed by atoms with Gasteiger partial charge in [-0.2, -0.15) is 0 Å². The summed E-state index contributed by atoms with van der Waals surface area (Å²) in [6.07, 6.45) is 59.5. The molecule has 0 aliphatic heterocycles. The first-order valence-electron chi connectivity index (χ1n) is 41.9. The van der Waals surface area contributed by atoms with Crippen LogP contribution >= 0.6 is 15.6 Å². The number of phosphoric ester groups is 2. The third-order valence-electron chi connectivity index (χ3n) is 19.2. The number of aliphatic hydroxyl groups excluding tert-OH is 1. The molecule has 0 aromatic rings. The third kappa shape index (κ3) is 73.0. The second-order valence-corrected chi connectivity index (χ2v) is 33.3. The summed E-state index contributed by atoms with van der Waals surface area (Å²) in [4.78, 5) is 73.0. The number of hydrogen-bond donors (Lipinski definition) is 3. The van der Waals surface area contributed by atoms with E-state index in [-0.39, 0.29) is 25.7 Å². The van der Waals surface area contributed by atoms with Crippen LogP contribution in [-0.2, 0) is 65.4 Å². The van der Waals surface area contributed by atoms with Crippen molar-refractivity contribution in [3.63, 3.8) is 0 Å². The summed E-state index contributed by atoms with van der Waals surface area (Å²) < 4.78 is 68.7. The largest absolute Gasteiger partial charge is 0.472 e. The van der Waals surface area contributed by atoms with Crippen molar-refractivity contribution in [2.24, 2.45) is 17.8 Å². The van der Waals surface area contributed by atoms with Crippen LogP contribution in [0.3, 0.4) is 0 Å². The lowest BCUT2D eigenvalue weighted by Gasteiger charge is -2.21. The number of ether oxygens (including phenoxy) is 4. The van der Waals surface area contributed by atoms with Gasteiger partial charge in [0.25, 0.3) is 0 Å². The molecule has 6 atom stereocenters. The standard InChI is InChI=1S/C81H158O17P2/c1-8-10-11-12-13-14-15-25-34-41-48-55-62-78(83)91-68-77(98-81(86)65-58-51-44-37-29-27-32-39-46-53-60-73(5)6)71-96-100(89,90)94-67-75(82)66-93-99(87,88)95-70-76(69-92-79(84)63-56-49-42-35-30-28-33-40-47-54-61-74(7)9-2)97-80(85)64-57-50-43-36-26-23-21-19-17-16-18-20-22-24-31-38-45-52-59-72(3)4/h72-77,82H,8-71H2,1-7H3,(H,87,88)(H,89,90)/t74?,75-,76-,77-/m1/s1. The van der Waals surface area contributed by atoms with Crippen molar-refractivity contribution in [1.82, 2.24) is 0 Å². The molecule has 3 N–H and O–H groups in total. The van der Waals surface area contributed by atoms with E-state index < -0.39 is 97.5 Å². The Labute approximate surface area is 613 Å². The van der Waals surface area contributed by atoms with E-state index in [1.165, 1.54) is 231 Å². The van der Waals surface area contributed by atoms with E-state index in [0.717, 1.165) is 108 Å². The monoisotopic (exact) mass is 1470 g/mol. The van der Waals surface area contributed by atoms with E-state index in [0.29, 0.717) is 25.7 Å². The summed E-state index contributed by atoms with van der Waals surface area (Å²) in [5.41, 5.74) is 0. The summed E-state index contributed by atoms with van der Waals surface area (Å²) in [5.74, 6) is 0.272. The highest BCUT2D eigenvalue weighted by Gasteiger charge is 2.30. The number of unbranched alkanes of at least 4 members (excludes halogenated alkanes) is 46. The second kappa shape index (κ2) is 71.3. The Kier molecular flexibility index (Phi) is 69.9. The van der Waals surface area contributed by atoms with Gasteiger partial charge in [-0.25, -0.2) is 9.13 Å². The number of carbonyl (C=O) groups is 4. The van der Waals surface area contributed by atoms with Gasteiger partial charge in [-0.1, -0.05) is 370 Å². The Hall–Kier alpha value is -1.94. The molecule has 0 aliphatic rings. The number of aliphatic hydroxyl groups is 1. The number of carbonyl (C=O) groups excluding carboxylic acids is 4. The highest BCUT2D eigenvalue weighted by Crippen LogP contribution is 2.45. The Morgan fingerprint density at radius 2 is 0.510 bits per heavy atom. The highest BCUT2D eigenvalue weighted by atomic mass is 31.2. The van der Waals surface area contributed by atoms with E-state index in [1.807, 2.05) is 0 Å². The van der Waals surface area contributed by atoms with Crippen LogP contribution in [0.1, 0.15) is 421 Å². The van der Waals surface area contributed by atoms with Crippen molar-refractivity contribution in [3.8, 4) is 0 Å². The molecule has 0 fully saturated rings. The van der Waals surface area contributed by atoms with Crippen LogP contribution in [0.15, 0.2) is 0 Å². The first-order chi connectivity index (χ1) is 48.3. The SMILES string of the molecule is CCCCCCCCCCCCCCC(=O)OC[C@H](COP(=O)(O)OC[C@H](O)COP(=O)(O)OC[C@@H](COC(=O)CCCCCCCCCCCCC(C)CC)OC(=O)CCCCCCCCCCCCCCCCCCCCC(C)C)OC(=O)CCCCCCCCCCCCC(C)C. The van der Waals surface area contributed by atoms with Gasteiger partial charge in [0.05, 0.1) is 26.4 Å². The average Bonchev–Trinajstić information content (AvgIpc) is 1.28. The lowest BCUT2D eigenvalue weighted by molar-refractivity contribution is -0.161. The molecule has 3 unspecified atom stereocenters. The number of phosphoric acid groups is 2. The minimum atomic E-state index is -4.96. The molecule has 100 heavy (non-hydrogen) atoms. The summed E-state index contributed by atoms with van der Waals surface area (Å²) in [7, 11) is -9.92. The lowest BCUT2D eigenvalue weighted by atomic mass is 9.99. The van der Waals surface area contributed by atoms with Crippen molar-refractivity contribution in [3.05, 3.63) is 0 Å². The predicted octanol–water partition coefficient (Wildman–Crippen LogP) is 24.1. The zero-order valence-corrected chi connectivity index (χ0v) is 67.5. The molecular formula is C81H158O17P2. The van der Waals surface area contributed by atoms with E-state index in [1.54, 1.807) is 0 Å². The first-order valence-corrected chi connectivity index (χ1v) is 44.9. The summed E-state index contributed by atoms with van der Waals surface area (Å²) in [5, 5.41) is 10.6. The van der Waals surface area contributed by atoms with E-state index in [4.69, 9.17) is 37.0 Å². The molecule has 0 spiro atoms. The topological polar surface area (TPSA) is 237 Å². The Bertz CT molecular complexity index is 1940. The van der Waals surface area contributed by atoms with Gasteiger partial charge in [-0.15, -0.1) is 0 Å². The zero-order valence-electron chi connectivity index (χ0n) is 65.7. The van der Waals surface area contributed by atoms with Gasteiger partial charge in [-0.05, 0) is 43.4 Å². The molecular weight excluding hydrogens is 1310 g/mol. The fourth-order valence-electron chi connectivity index (χ4n) is 12.5. The lowest BCUT2D eigenvalue weighted by Crippen LogP contribution is -2.30. The van der Waals surface area contributed by atoms with Crippen molar-refractivity contribution >= 4 is 39.5 Å². The maximum Gasteiger partial charge on any atom is 0.472 e. The van der Waals surface area contributed by atoms with Gasteiger partial charge >= 0.3 is 39.5 Å². The molecule has 0 aromatic carbocycles. The van der Waals surface area contributed by atoms with Gasteiger partial charge in [0, 0.05) is 25.7 Å². The zero-order chi connectivity index (χ0) is 73.7. The normalized spacial score (nSPS) is 14.2. The van der Waals surface area contributed by atoms with Crippen molar-refractivity contribution < 1.29 is 80.2 Å². The van der Waals surface area contributed by atoms with Crippen LogP contribution in [0, 0.1) is 17.8 Å². The molecule has 0 amide bonds. The number of hydrogen-bond acceptors (Lipinski definition) is 15. The van der Waals surface area contributed by atoms with Gasteiger partial charge in [0.1, 0.15) is 19.3 Å². The van der Waals surface area contributed by atoms with Crippen LogP contribution in [0.2, 0.25) is 0 Å². The summed E-state index contributed by atoms with van der Waals surface area (Å²) >= 11 is 0. The minimum absolute atomic E-state index is 0.106. The maximum atomic E-state index is 13.1.